The first-order valence-corrected chi connectivity index (χ1v) is 8.18. The number of hydrogen-bond acceptors (Lipinski definition) is 6. The van der Waals surface area contributed by atoms with E-state index in [0.717, 1.165) is 4.90 Å². The molecule has 130 valence electrons. The lowest BCUT2D eigenvalue weighted by Crippen LogP contribution is -2.29. The van der Waals surface area contributed by atoms with Crippen molar-refractivity contribution < 1.29 is 24.2 Å². The third kappa shape index (κ3) is 2.24. The van der Waals surface area contributed by atoms with Gasteiger partial charge >= 0.3 is 0 Å². The van der Waals surface area contributed by atoms with Gasteiger partial charge in [-0.2, -0.15) is 0 Å². The molecule has 0 bridgehead atoms. The summed E-state index contributed by atoms with van der Waals surface area (Å²) in [7, 11) is 0. The van der Waals surface area contributed by atoms with Gasteiger partial charge in [0.15, 0.2) is 11.5 Å². The molecule has 0 unspecified atom stereocenters. The fraction of sp³-hybridized carbons (Fsp3) is 0.0588. The second-order valence-electron chi connectivity index (χ2n) is 5.63. The molecule has 2 aromatic carbocycles. The summed E-state index contributed by atoms with van der Waals surface area (Å²) in [6, 6.07) is 4.22. The van der Waals surface area contributed by atoms with Gasteiger partial charge in [-0.1, -0.05) is 22.0 Å². The van der Waals surface area contributed by atoms with E-state index in [0.29, 0.717) is 4.47 Å². The average molecular weight is 418 g/mol. The molecule has 0 saturated heterocycles. The van der Waals surface area contributed by atoms with E-state index in [2.05, 4.69) is 25.9 Å². The summed E-state index contributed by atoms with van der Waals surface area (Å²) in [5, 5.41) is 20.7. The maximum atomic E-state index is 14.1. The van der Waals surface area contributed by atoms with Crippen molar-refractivity contribution in [3.63, 3.8) is 0 Å². The maximum absolute atomic E-state index is 14.1. The highest BCUT2D eigenvalue weighted by Gasteiger charge is 2.42. The summed E-state index contributed by atoms with van der Waals surface area (Å²) in [4.78, 5) is 33.9. The van der Waals surface area contributed by atoms with Gasteiger partial charge in [-0.15, -0.1) is 0 Å². The number of nitrogens with zero attached hydrogens (tertiary/aromatic N) is 3. The summed E-state index contributed by atoms with van der Waals surface area (Å²) < 4.78 is 14.6. The first-order chi connectivity index (χ1) is 12.4. The van der Waals surface area contributed by atoms with Crippen LogP contribution >= 0.6 is 15.9 Å². The Morgan fingerprint density at radius 3 is 2.04 bits per heavy atom. The SMILES string of the molecule is O=C1c2c(c(O)c3nccnc3c2O)C(=O)N1Cc1ccc(Br)cc1F. The minimum atomic E-state index is -0.840. The zero-order valence-corrected chi connectivity index (χ0v) is 14.5. The van der Waals surface area contributed by atoms with Gasteiger partial charge in [0.25, 0.3) is 11.8 Å². The highest BCUT2D eigenvalue weighted by Crippen LogP contribution is 2.42. The molecular weight excluding hydrogens is 409 g/mol. The molecule has 7 nitrogen and oxygen atoms in total. The van der Waals surface area contributed by atoms with Gasteiger partial charge in [0.2, 0.25) is 0 Å². The summed E-state index contributed by atoms with van der Waals surface area (Å²) in [6.45, 7) is -0.346. The number of benzene rings is 2. The smallest absolute Gasteiger partial charge is 0.265 e. The largest absolute Gasteiger partial charge is 0.505 e. The van der Waals surface area contributed by atoms with E-state index in [1.165, 1.54) is 24.5 Å². The van der Waals surface area contributed by atoms with Crippen LogP contribution in [0, 0.1) is 5.82 Å². The van der Waals surface area contributed by atoms with Crippen molar-refractivity contribution >= 4 is 38.8 Å². The predicted molar refractivity (Wildman–Crippen MR) is 91.2 cm³/mol. The number of phenols is 2. The molecule has 0 atom stereocenters. The fourth-order valence-electron chi connectivity index (χ4n) is 2.90. The molecule has 1 aromatic heterocycles. The van der Waals surface area contributed by atoms with Crippen molar-refractivity contribution in [2.24, 2.45) is 0 Å². The average Bonchev–Trinajstić information content (AvgIpc) is 2.87. The molecule has 4 rings (SSSR count). The topological polar surface area (TPSA) is 104 Å². The van der Waals surface area contributed by atoms with E-state index in [9.17, 15) is 24.2 Å². The van der Waals surface area contributed by atoms with Gasteiger partial charge in [0.1, 0.15) is 28.0 Å². The number of imide groups is 1. The van der Waals surface area contributed by atoms with Crippen LogP contribution in [-0.2, 0) is 6.54 Å². The number of carbonyl (C=O) groups is 2. The molecule has 26 heavy (non-hydrogen) atoms. The second-order valence-corrected chi connectivity index (χ2v) is 6.55. The summed E-state index contributed by atoms with van der Waals surface area (Å²) in [6.07, 6.45) is 2.56. The molecule has 2 amide bonds. The normalized spacial score (nSPS) is 13.5. The zero-order chi connectivity index (χ0) is 18.6. The molecule has 1 aliphatic rings. The van der Waals surface area contributed by atoms with Crippen LogP contribution in [0.25, 0.3) is 11.0 Å². The van der Waals surface area contributed by atoms with Crippen LogP contribution in [0.5, 0.6) is 11.5 Å². The van der Waals surface area contributed by atoms with Crippen molar-refractivity contribution in [1.82, 2.24) is 14.9 Å². The molecule has 0 radical (unpaired) electrons. The van der Waals surface area contributed by atoms with Gasteiger partial charge < -0.3 is 10.2 Å². The van der Waals surface area contributed by atoms with E-state index in [1.807, 2.05) is 0 Å². The van der Waals surface area contributed by atoms with Crippen molar-refractivity contribution in [1.29, 1.82) is 0 Å². The number of hydrogen-bond donors (Lipinski definition) is 2. The Kier molecular flexibility index (Phi) is 3.62. The van der Waals surface area contributed by atoms with E-state index < -0.39 is 29.1 Å². The molecule has 2 N–H and O–H groups in total. The second kappa shape index (κ2) is 5.73. The molecule has 9 heteroatoms. The molecule has 0 aliphatic carbocycles. The Morgan fingerprint density at radius 2 is 1.54 bits per heavy atom. The third-order valence-corrected chi connectivity index (χ3v) is 4.63. The first-order valence-electron chi connectivity index (χ1n) is 7.39. The van der Waals surface area contributed by atoms with Crippen LogP contribution in [0.3, 0.4) is 0 Å². The number of amides is 2. The van der Waals surface area contributed by atoms with Gasteiger partial charge in [-0.25, -0.2) is 14.4 Å². The Bertz CT molecular complexity index is 1060. The van der Waals surface area contributed by atoms with Crippen LogP contribution in [0.15, 0.2) is 35.1 Å². The minimum absolute atomic E-state index is 0.0958. The van der Waals surface area contributed by atoms with Crippen LogP contribution in [0.1, 0.15) is 26.3 Å². The van der Waals surface area contributed by atoms with Crippen molar-refractivity contribution in [3.05, 3.63) is 57.6 Å². The van der Waals surface area contributed by atoms with Crippen LogP contribution < -0.4 is 0 Å². The number of aromatic hydroxyl groups is 2. The fourth-order valence-corrected chi connectivity index (χ4v) is 3.23. The van der Waals surface area contributed by atoms with Gasteiger partial charge in [-0.3, -0.25) is 14.5 Å². The van der Waals surface area contributed by atoms with Gasteiger partial charge in [-0.05, 0) is 12.1 Å². The zero-order valence-electron chi connectivity index (χ0n) is 12.9. The number of fused-ring (bicyclic) bond motifs is 2. The Labute approximate surface area is 153 Å². The highest BCUT2D eigenvalue weighted by molar-refractivity contribution is 9.10. The standard InChI is InChI=1S/C17H9BrFN3O4/c18-8-2-1-7(9(19)5-8)6-22-16(25)10-11(17(22)26)15(24)13-12(14(10)23)20-3-4-21-13/h1-5,23-24H,6H2. The predicted octanol–water partition coefficient (Wildman–Crippen LogP) is 2.74. The van der Waals surface area contributed by atoms with Crippen molar-refractivity contribution in [2.45, 2.75) is 6.54 Å². The molecule has 1 aliphatic heterocycles. The van der Waals surface area contributed by atoms with Crippen LogP contribution in [-0.4, -0.2) is 36.9 Å². The van der Waals surface area contributed by atoms with E-state index in [1.54, 1.807) is 6.07 Å². The lowest BCUT2D eigenvalue weighted by Gasteiger charge is -2.14. The summed E-state index contributed by atoms with van der Waals surface area (Å²) in [5.41, 5.74) is -0.804. The number of aromatic nitrogens is 2. The van der Waals surface area contributed by atoms with E-state index in [-0.39, 0.29) is 34.3 Å². The molecule has 0 fully saturated rings. The maximum Gasteiger partial charge on any atom is 0.265 e. The molecule has 2 heterocycles. The molecule has 0 saturated carbocycles. The number of rotatable bonds is 2. The lowest BCUT2D eigenvalue weighted by molar-refractivity contribution is 0.0639. The quantitative estimate of drug-likeness (QED) is 0.490. The summed E-state index contributed by atoms with van der Waals surface area (Å²) >= 11 is 3.13. The monoisotopic (exact) mass is 417 g/mol. The molecule has 0 spiro atoms. The number of carbonyl (C=O) groups excluding carboxylic acids is 2. The minimum Gasteiger partial charge on any atom is -0.505 e. The Morgan fingerprint density at radius 1 is 1.00 bits per heavy atom. The van der Waals surface area contributed by atoms with Crippen LogP contribution in [0.2, 0.25) is 0 Å². The Balaban J connectivity index is 1.85. The van der Waals surface area contributed by atoms with E-state index >= 15 is 0 Å². The molecule has 3 aromatic rings. The summed E-state index contributed by atoms with van der Waals surface area (Å²) in [5.74, 6) is -3.37. The van der Waals surface area contributed by atoms with E-state index in [4.69, 9.17) is 0 Å². The van der Waals surface area contributed by atoms with Gasteiger partial charge in [0.05, 0.1) is 6.54 Å². The van der Waals surface area contributed by atoms with Gasteiger partial charge in [0, 0.05) is 22.4 Å². The highest BCUT2D eigenvalue weighted by atomic mass is 79.9. The van der Waals surface area contributed by atoms with Crippen molar-refractivity contribution in [3.8, 4) is 11.5 Å². The lowest BCUT2D eigenvalue weighted by atomic mass is 10.1. The first kappa shape index (κ1) is 16.4. The third-order valence-electron chi connectivity index (χ3n) is 4.13. The number of halogens is 2. The molecular formula is C17H9BrFN3O4. The van der Waals surface area contributed by atoms with Crippen LogP contribution in [0.4, 0.5) is 4.39 Å². The Hall–Kier alpha value is -3.07. The van der Waals surface area contributed by atoms with Crippen molar-refractivity contribution in [2.75, 3.05) is 0 Å². The number of phenolic OH excluding ortho intramolecular Hbond substituents is 2.